The van der Waals surface area contributed by atoms with Crippen molar-refractivity contribution in [3.63, 3.8) is 0 Å². The zero-order chi connectivity index (χ0) is 22.0. The Hall–Kier alpha value is -0.530. The number of rotatable bonds is 14. The van der Waals surface area contributed by atoms with Crippen molar-refractivity contribution in [1.82, 2.24) is 5.32 Å². The molecule has 29 heavy (non-hydrogen) atoms. The maximum absolute atomic E-state index is 11.0. The van der Waals surface area contributed by atoms with Crippen LogP contribution in [0.15, 0.2) is 4.99 Å². The van der Waals surface area contributed by atoms with Crippen molar-refractivity contribution < 1.29 is 20.1 Å². The van der Waals surface area contributed by atoms with Crippen LogP contribution in [-0.2, 0) is 4.74 Å². The fourth-order valence-corrected chi connectivity index (χ4v) is 4.19. The molecule has 1 aliphatic rings. The average molecular weight is 415 g/mol. The maximum atomic E-state index is 11.0. The first-order chi connectivity index (χ1) is 13.7. The summed E-state index contributed by atoms with van der Waals surface area (Å²) in [7, 11) is 0. The number of ether oxygens (including phenoxy) is 1. The van der Waals surface area contributed by atoms with Crippen LogP contribution in [0.2, 0.25) is 0 Å². The SMILES string of the molecule is C=NC(O)C(OC(O)C(CC1CCCCC1)NC(O)C(C)C(C)CC)C(C)CC. The molecule has 0 spiro atoms. The normalized spacial score (nSPS) is 24.1. The highest BCUT2D eigenvalue weighted by Crippen LogP contribution is 2.29. The van der Waals surface area contributed by atoms with Crippen molar-refractivity contribution >= 4 is 6.72 Å². The Morgan fingerprint density at radius 1 is 1.00 bits per heavy atom. The molecule has 6 heteroatoms. The Morgan fingerprint density at radius 3 is 2.10 bits per heavy atom. The van der Waals surface area contributed by atoms with Crippen molar-refractivity contribution in [3.05, 3.63) is 0 Å². The molecule has 0 saturated heterocycles. The number of aliphatic hydroxyl groups is 3. The van der Waals surface area contributed by atoms with Crippen molar-refractivity contribution in [2.75, 3.05) is 0 Å². The van der Waals surface area contributed by atoms with E-state index in [4.69, 9.17) is 4.74 Å². The van der Waals surface area contributed by atoms with Gasteiger partial charge in [-0.2, -0.15) is 0 Å². The largest absolute Gasteiger partial charge is 0.378 e. The Balaban J connectivity index is 2.90. The lowest BCUT2D eigenvalue weighted by atomic mass is 9.84. The molecule has 4 N–H and O–H groups in total. The highest BCUT2D eigenvalue weighted by Gasteiger charge is 2.34. The van der Waals surface area contributed by atoms with Gasteiger partial charge in [0.1, 0.15) is 12.3 Å². The number of nitrogens with one attached hydrogen (secondary N) is 1. The second-order valence-corrected chi connectivity index (χ2v) is 9.18. The molecule has 8 atom stereocenters. The number of hydrogen-bond acceptors (Lipinski definition) is 6. The number of aliphatic imine (C=N–C) groups is 1. The summed E-state index contributed by atoms with van der Waals surface area (Å²) in [6, 6.07) is -0.400. The smallest absolute Gasteiger partial charge is 0.170 e. The van der Waals surface area contributed by atoms with Gasteiger partial charge in [0.25, 0.3) is 0 Å². The van der Waals surface area contributed by atoms with Gasteiger partial charge >= 0.3 is 0 Å². The van der Waals surface area contributed by atoms with Crippen molar-refractivity contribution in [1.29, 1.82) is 0 Å². The van der Waals surface area contributed by atoms with Crippen LogP contribution in [0, 0.1) is 23.7 Å². The van der Waals surface area contributed by atoms with E-state index in [9.17, 15) is 15.3 Å². The topological polar surface area (TPSA) is 94.3 Å². The number of aliphatic hydroxyl groups excluding tert-OH is 3. The summed E-state index contributed by atoms with van der Waals surface area (Å²) >= 11 is 0. The van der Waals surface area contributed by atoms with Crippen molar-refractivity contribution in [3.8, 4) is 0 Å². The van der Waals surface area contributed by atoms with E-state index in [2.05, 4.69) is 30.9 Å². The zero-order valence-electron chi connectivity index (χ0n) is 19.3. The molecule has 6 nitrogen and oxygen atoms in total. The summed E-state index contributed by atoms with van der Waals surface area (Å²) < 4.78 is 5.93. The summed E-state index contributed by atoms with van der Waals surface area (Å²) in [5, 5.41) is 35.2. The molecule has 1 fully saturated rings. The summed E-state index contributed by atoms with van der Waals surface area (Å²) in [6.07, 6.45) is 4.95. The zero-order valence-corrected chi connectivity index (χ0v) is 19.3. The van der Waals surface area contributed by atoms with E-state index in [-0.39, 0.29) is 11.8 Å². The monoisotopic (exact) mass is 414 g/mol. The molecular weight excluding hydrogens is 368 g/mol. The van der Waals surface area contributed by atoms with Crippen LogP contribution < -0.4 is 5.32 Å². The van der Waals surface area contributed by atoms with Gasteiger partial charge in [-0.25, -0.2) is 0 Å². The van der Waals surface area contributed by atoms with Gasteiger partial charge in [0.05, 0.1) is 6.04 Å². The van der Waals surface area contributed by atoms with Crippen LogP contribution in [0.1, 0.15) is 86.0 Å². The molecule has 1 aliphatic carbocycles. The van der Waals surface area contributed by atoms with Gasteiger partial charge in [-0.05, 0) is 36.8 Å². The highest BCUT2D eigenvalue weighted by atomic mass is 16.6. The Morgan fingerprint density at radius 2 is 1.59 bits per heavy atom. The third-order valence-corrected chi connectivity index (χ3v) is 7.06. The molecule has 1 rings (SSSR count). The molecule has 8 unspecified atom stereocenters. The molecule has 0 aromatic heterocycles. The maximum Gasteiger partial charge on any atom is 0.170 e. The van der Waals surface area contributed by atoms with E-state index in [0.717, 1.165) is 32.1 Å². The molecule has 0 amide bonds. The van der Waals surface area contributed by atoms with Gasteiger partial charge in [0.2, 0.25) is 0 Å². The third kappa shape index (κ3) is 8.62. The van der Waals surface area contributed by atoms with E-state index in [1.54, 1.807) is 0 Å². The first-order valence-electron chi connectivity index (χ1n) is 11.7. The van der Waals surface area contributed by atoms with Crippen molar-refractivity contribution in [2.24, 2.45) is 28.7 Å². The summed E-state index contributed by atoms with van der Waals surface area (Å²) in [4.78, 5) is 3.71. The fourth-order valence-electron chi connectivity index (χ4n) is 4.19. The van der Waals surface area contributed by atoms with Crippen molar-refractivity contribution in [2.45, 2.75) is 117 Å². The lowest BCUT2D eigenvalue weighted by molar-refractivity contribution is -0.197. The Kier molecular flexibility index (Phi) is 12.5. The van der Waals surface area contributed by atoms with Gasteiger partial charge in [-0.1, -0.05) is 79.6 Å². The van der Waals surface area contributed by atoms with E-state index >= 15 is 0 Å². The molecule has 0 bridgehead atoms. The van der Waals surface area contributed by atoms with Crippen LogP contribution >= 0.6 is 0 Å². The molecule has 1 saturated carbocycles. The minimum Gasteiger partial charge on any atom is -0.378 e. The molecule has 0 aromatic carbocycles. The fraction of sp³-hybridized carbons (Fsp3) is 0.957. The van der Waals surface area contributed by atoms with Crippen LogP contribution in [0.4, 0.5) is 0 Å². The minimum absolute atomic E-state index is 0.0180. The lowest BCUT2D eigenvalue weighted by Gasteiger charge is -2.36. The molecule has 172 valence electrons. The standard InChI is InChI=1S/C23H46N2O4/c1-7-15(3)17(5)21(26)25-19(14-18-12-10-9-11-13-18)23(28)29-20(16(4)8-2)22(27)24-6/h15-23,25-28H,6-14H2,1-5H3. The Bertz CT molecular complexity index is 445. The Labute approximate surface area is 178 Å². The van der Waals surface area contributed by atoms with Gasteiger partial charge in [-0.15, -0.1) is 0 Å². The van der Waals surface area contributed by atoms with E-state index in [1.165, 1.54) is 19.3 Å². The van der Waals surface area contributed by atoms with Crippen LogP contribution in [0.3, 0.4) is 0 Å². The molecular formula is C23H46N2O4. The molecule has 0 radical (unpaired) electrons. The van der Waals surface area contributed by atoms with Crippen LogP contribution in [0.25, 0.3) is 0 Å². The second kappa shape index (κ2) is 13.7. The van der Waals surface area contributed by atoms with Gasteiger partial charge in [0, 0.05) is 0 Å². The lowest BCUT2D eigenvalue weighted by Crippen LogP contribution is -2.52. The summed E-state index contributed by atoms with van der Waals surface area (Å²) in [5.41, 5.74) is 0. The quantitative estimate of drug-likeness (QED) is 0.257. The van der Waals surface area contributed by atoms with E-state index in [0.29, 0.717) is 11.8 Å². The highest BCUT2D eigenvalue weighted by molar-refractivity contribution is 5.23. The van der Waals surface area contributed by atoms with E-state index in [1.807, 2.05) is 20.8 Å². The van der Waals surface area contributed by atoms with E-state index < -0.39 is 30.9 Å². The molecule has 0 heterocycles. The van der Waals surface area contributed by atoms with Gasteiger partial charge < -0.3 is 20.1 Å². The number of nitrogens with zero attached hydrogens (tertiary/aromatic N) is 1. The molecule has 0 aromatic rings. The summed E-state index contributed by atoms with van der Waals surface area (Å²) in [5.74, 6) is 0.955. The minimum atomic E-state index is -1.13. The average Bonchev–Trinajstić information content (AvgIpc) is 2.75. The first kappa shape index (κ1) is 26.5. The van der Waals surface area contributed by atoms with Crippen LogP contribution in [-0.4, -0.2) is 52.9 Å². The predicted molar refractivity (Wildman–Crippen MR) is 119 cm³/mol. The van der Waals surface area contributed by atoms with Gasteiger partial charge in [-0.3, -0.25) is 10.3 Å². The predicted octanol–water partition coefficient (Wildman–Crippen LogP) is 3.68. The first-order valence-corrected chi connectivity index (χ1v) is 11.7. The summed E-state index contributed by atoms with van der Waals surface area (Å²) in [6.45, 7) is 13.7. The molecule has 0 aliphatic heterocycles. The van der Waals surface area contributed by atoms with Crippen LogP contribution in [0.5, 0.6) is 0 Å². The van der Waals surface area contributed by atoms with Gasteiger partial charge in [0.15, 0.2) is 12.5 Å². The third-order valence-electron chi connectivity index (χ3n) is 7.06. The number of hydrogen-bond donors (Lipinski definition) is 4. The second-order valence-electron chi connectivity index (χ2n) is 9.18.